The van der Waals surface area contributed by atoms with Crippen molar-refractivity contribution in [2.75, 3.05) is 31.1 Å². The van der Waals surface area contributed by atoms with Crippen LogP contribution in [0.2, 0.25) is 0 Å². The van der Waals surface area contributed by atoms with Crippen molar-refractivity contribution < 1.29 is 17.6 Å². The van der Waals surface area contributed by atoms with Crippen LogP contribution >= 0.6 is 0 Å². The Balaban J connectivity index is 1.59. The maximum Gasteiger partial charge on any atom is 0.331 e. The van der Waals surface area contributed by atoms with Gasteiger partial charge >= 0.3 is 12.0 Å². The molecule has 2 heterocycles. The number of anilines is 1. The topological polar surface area (TPSA) is 109 Å². The van der Waals surface area contributed by atoms with E-state index >= 15 is 0 Å². The number of rotatable bonds is 4. The Morgan fingerprint density at radius 1 is 1.15 bits per heavy atom. The fourth-order valence-corrected chi connectivity index (χ4v) is 3.54. The Morgan fingerprint density at radius 2 is 1.81 bits per heavy atom. The molecule has 1 N–H and O–H groups in total. The van der Waals surface area contributed by atoms with Gasteiger partial charge in [-0.15, -0.1) is 5.10 Å². The van der Waals surface area contributed by atoms with E-state index in [1.165, 1.54) is 17.0 Å². The number of piperazine rings is 1. The second kappa shape index (κ2) is 7.32. The number of hydrogen-bond acceptors (Lipinski definition) is 7. The highest BCUT2D eigenvalue weighted by molar-refractivity contribution is 7.90. The van der Waals surface area contributed by atoms with Crippen molar-refractivity contribution in [3.63, 3.8) is 0 Å². The summed E-state index contributed by atoms with van der Waals surface area (Å²) in [5.74, 6) is 0.560. The zero-order valence-electron chi connectivity index (χ0n) is 14.7. The van der Waals surface area contributed by atoms with Gasteiger partial charge in [-0.2, -0.15) is 0 Å². The highest BCUT2D eigenvalue weighted by Crippen LogP contribution is 2.16. The molecule has 0 unspecified atom stereocenters. The van der Waals surface area contributed by atoms with Crippen LogP contribution in [-0.2, 0) is 16.4 Å². The van der Waals surface area contributed by atoms with Crippen LogP contribution in [0.5, 0.6) is 0 Å². The third-order valence-corrected chi connectivity index (χ3v) is 5.49. The Hall–Kier alpha value is -2.62. The summed E-state index contributed by atoms with van der Waals surface area (Å²) in [6, 6.07) is 6.12. The summed E-state index contributed by atoms with van der Waals surface area (Å²) in [6.45, 7) is 5.49. The molecule has 0 saturated carbocycles. The molecule has 3 rings (SSSR count). The molecule has 1 aliphatic rings. The first-order valence-electron chi connectivity index (χ1n) is 8.35. The molecule has 26 heavy (non-hydrogen) atoms. The number of carbonyl (C=O) groups excluding carboxylic acids is 1. The lowest BCUT2D eigenvalue weighted by atomic mass is 10.2. The number of aromatic nitrogens is 2. The maximum absolute atomic E-state index is 12.3. The molecule has 0 radical (unpaired) electrons. The molecule has 2 aromatic rings. The molecule has 10 heteroatoms. The van der Waals surface area contributed by atoms with Crippen LogP contribution < -0.4 is 9.62 Å². The molecule has 2 amide bonds. The van der Waals surface area contributed by atoms with Gasteiger partial charge in [0.25, 0.3) is 10.0 Å². The second-order valence-electron chi connectivity index (χ2n) is 6.03. The normalized spacial score (nSPS) is 15.2. The van der Waals surface area contributed by atoms with E-state index in [1.807, 2.05) is 18.7 Å². The van der Waals surface area contributed by atoms with Crippen molar-refractivity contribution in [1.29, 1.82) is 0 Å². The van der Waals surface area contributed by atoms with Crippen LogP contribution in [-0.4, -0.2) is 55.7 Å². The van der Waals surface area contributed by atoms with Crippen molar-refractivity contribution in [2.24, 2.45) is 0 Å². The van der Waals surface area contributed by atoms with Crippen molar-refractivity contribution in [3.8, 4) is 0 Å². The zero-order valence-corrected chi connectivity index (χ0v) is 15.5. The first-order chi connectivity index (χ1) is 12.4. The van der Waals surface area contributed by atoms with E-state index in [-0.39, 0.29) is 4.90 Å². The van der Waals surface area contributed by atoms with Gasteiger partial charge in [0.1, 0.15) is 0 Å². The van der Waals surface area contributed by atoms with Crippen LogP contribution in [0, 0.1) is 6.92 Å². The average molecular weight is 379 g/mol. The molecule has 1 aromatic heterocycles. The van der Waals surface area contributed by atoms with Crippen LogP contribution in [0.4, 0.5) is 10.8 Å². The van der Waals surface area contributed by atoms with Gasteiger partial charge in [-0.25, -0.2) is 17.9 Å². The first kappa shape index (κ1) is 18.2. The molecule has 9 nitrogen and oxygen atoms in total. The quantitative estimate of drug-likeness (QED) is 0.849. The third kappa shape index (κ3) is 3.96. The maximum atomic E-state index is 12.3. The highest BCUT2D eigenvalue weighted by atomic mass is 32.2. The summed E-state index contributed by atoms with van der Waals surface area (Å²) in [4.78, 5) is 15.7. The average Bonchev–Trinajstić information content (AvgIpc) is 3.11. The minimum Gasteiger partial charge on any atom is -0.408 e. The lowest BCUT2D eigenvalue weighted by Crippen LogP contribution is -2.52. The van der Waals surface area contributed by atoms with Crippen molar-refractivity contribution in [1.82, 2.24) is 19.8 Å². The number of carbonyl (C=O) groups is 1. The van der Waals surface area contributed by atoms with E-state index in [1.54, 1.807) is 12.1 Å². The highest BCUT2D eigenvalue weighted by Gasteiger charge is 2.27. The molecular weight excluding hydrogens is 358 g/mol. The zero-order chi connectivity index (χ0) is 18.7. The summed E-state index contributed by atoms with van der Waals surface area (Å²) in [6.07, 6.45) is 0.659. The predicted octanol–water partition coefficient (Wildman–Crippen LogP) is 1.16. The number of benzene rings is 1. The Bertz CT molecular complexity index is 870. The van der Waals surface area contributed by atoms with Gasteiger partial charge in [0, 0.05) is 32.6 Å². The molecule has 1 fully saturated rings. The summed E-state index contributed by atoms with van der Waals surface area (Å²) in [5.41, 5.74) is 0.943. The minimum absolute atomic E-state index is 0.0630. The van der Waals surface area contributed by atoms with Gasteiger partial charge in [0.05, 0.1) is 4.90 Å². The van der Waals surface area contributed by atoms with E-state index in [2.05, 4.69) is 14.9 Å². The monoisotopic (exact) mass is 379 g/mol. The largest absolute Gasteiger partial charge is 0.408 e. The summed E-state index contributed by atoms with van der Waals surface area (Å²) in [7, 11) is -3.89. The van der Waals surface area contributed by atoms with Crippen molar-refractivity contribution >= 4 is 22.1 Å². The summed E-state index contributed by atoms with van der Waals surface area (Å²) in [5, 5.41) is 7.90. The van der Waals surface area contributed by atoms with Crippen LogP contribution in [0.15, 0.2) is 33.6 Å². The minimum atomic E-state index is -3.89. The van der Waals surface area contributed by atoms with E-state index in [9.17, 15) is 13.2 Å². The van der Waals surface area contributed by atoms with E-state index in [0.717, 1.165) is 5.56 Å². The van der Waals surface area contributed by atoms with Crippen LogP contribution in [0.25, 0.3) is 0 Å². The number of urea groups is 1. The van der Waals surface area contributed by atoms with Gasteiger partial charge in [0.15, 0.2) is 0 Å². The number of sulfonamides is 1. The molecule has 1 saturated heterocycles. The lowest BCUT2D eigenvalue weighted by Gasteiger charge is -2.33. The van der Waals surface area contributed by atoms with Crippen LogP contribution in [0.3, 0.4) is 0 Å². The smallest absolute Gasteiger partial charge is 0.331 e. The SMILES string of the molecule is CCc1nnc(N2CCN(C(=O)NS(=O)(=O)c3ccc(C)cc3)CC2)o1. The second-order valence-corrected chi connectivity index (χ2v) is 7.71. The Labute approximate surface area is 152 Å². The van der Waals surface area contributed by atoms with Gasteiger partial charge in [-0.05, 0) is 19.1 Å². The van der Waals surface area contributed by atoms with Crippen molar-refractivity contribution in [3.05, 3.63) is 35.7 Å². The standard InChI is InChI=1S/C16H21N5O4S/c1-3-14-17-18-16(25-14)21-10-8-20(9-11-21)15(22)19-26(23,24)13-6-4-12(2)5-7-13/h4-7H,3,8-11H2,1-2H3,(H,19,22). The fourth-order valence-electron chi connectivity index (χ4n) is 2.57. The molecule has 1 aromatic carbocycles. The van der Waals surface area contributed by atoms with E-state index < -0.39 is 16.1 Å². The molecule has 0 spiro atoms. The molecule has 0 bridgehead atoms. The van der Waals surface area contributed by atoms with Crippen molar-refractivity contribution in [2.45, 2.75) is 25.2 Å². The fraction of sp³-hybridized carbons (Fsp3) is 0.438. The van der Waals surface area contributed by atoms with Gasteiger partial charge in [-0.3, -0.25) is 0 Å². The molecule has 140 valence electrons. The van der Waals surface area contributed by atoms with Crippen LogP contribution in [0.1, 0.15) is 18.4 Å². The van der Waals surface area contributed by atoms with Gasteiger partial charge in [0.2, 0.25) is 5.89 Å². The molecule has 0 atom stereocenters. The first-order valence-corrected chi connectivity index (χ1v) is 9.83. The van der Waals surface area contributed by atoms with E-state index in [4.69, 9.17) is 4.42 Å². The number of amides is 2. The lowest BCUT2D eigenvalue weighted by molar-refractivity contribution is 0.199. The predicted molar refractivity (Wildman–Crippen MR) is 94.4 cm³/mol. The Morgan fingerprint density at radius 3 is 2.38 bits per heavy atom. The summed E-state index contributed by atoms with van der Waals surface area (Å²) >= 11 is 0. The third-order valence-electron chi connectivity index (χ3n) is 4.15. The molecule has 1 aliphatic heterocycles. The summed E-state index contributed by atoms with van der Waals surface area (Å²) < 4.78 is 32.3. The number of nitrogens with zero attached hydrogens (tertiary/aromatic N) is 4. The number of aryl methyl sites for hydroxylation is 2. The Kier molecular flexibility index (Phi) is 5.12. The number of hydrogen-bond donors (Lipinski definition) is 1. The van der Waals surface area contributed by atoms with Gasteiger partial charge < -0.3 is 14.2 Å². The molecule has 0 aliphatic carbocycles. The van der Waals surface area contributed by atoms with Gasteiger partial charge in [-0.1, -0.05) is 29.7 Å². The molecular formula is C16H21N5O4S. The number of nitrogens with one attached hydrogen (secondary N) is 1. The van der Waals surface area contributed by atoms with E-state index in [0.29, 0.717) is 44.5 Å².